The molecule has 0 N–H and O–H groups in total. The zero-order chi connectivity index (χ0) is 18.9. The van der Waals surface area contributed by atoms with Crippen LogP contribution in [0.1, 0.15) is 5.56 Å². The average molecular weight is 378 g/mol. The number of para-hydroxylation sites is 2. The largest absolute Gasteiger partial charge is 0.368 e. The lowest BCUT2D eigenvalue weighted by Crippen LogP contribution is -2.48. The maximum absolute atomic E-state index is 13.2. The van der Waals surface area contributed by atoms with Crippen molar-refractivity contribution in [2.75, 3.05) is 31.1 Å². The van der Waals surface area contributed by atoms with Gasteiger partial charge in [-0.15, -0.1) is 0 Å². The van der Waals surface area contributed by atoms with Crippen LogP contribution < -0.4 is 4.90 Å². The molecule has 0 spiro atoms. The highest BCUT2D eigenvalue weighted by atomic mass is 32.2. The molecule has 2 aromatic carbocycles. The van der Waals surface area contributed by atoms with E-state index in [-0.39, 0.29) is 4.90 Å². The number of rotatable bonds is 3. The number of piperazine rings is 1. The van der Waals surface area contributed by atoms with Crippen LogP contribution in [0.5, 0.6) is 0 Å². The fourth-order valence-electron chi connectivity index (χ4n) is 3.44. The Balaban J connectivity index is 1.60. The maximum atomic E-state index is 13.2. The van der Waals surface area contributed by atoms with Gasteiger partial charge < -0.3 is 4.90 Å². The van der Waals surface area contributed by atoms with E-state index in [0.717, 1.165) is 11.1 Å². The van der Waals surface area contributed by atoms with Crippen molar-refractivity contribution >= 4 is 26.6 Å². The van der Waals surface area contributed by atoms with E-state index in [0.29, 0.717) is 37.3 Å². The quantitative estimate of drug-likeness (QED) is 0.700. The number of nitrogens with zero attached hydrogens (tertiary/aromatic N) is 4. The van der Waals surface area contributed by atoms with Crippen molar-refractivity contribution in [2.45, 2.75) is 4.90 Å². The molecule has 1 aromatic heterocycles. The molecule has 27 heavy (non-hydrogen) atoms. The number of anilines is 1. The van der Waals surface area contributed by atoms with Gasteiger partial charge in [0.25, 0.3) is 0 Å². The summed E-state index contributed by atoms with van der Waals surface area (Å²) in [4.78, 5) is 6.58. The summed E-state index contributed by atoms with van der Waals surface area (Å²) >= 11 is 0. The van der Waals surface area contributed by atoms with Crippen molar-refractivity contribution in [3.63, 3.8) is 0 Å². The molecule has 0 atom stereocenters. The summed E-state index contributed by atoms with van der Waals surface area (Å²) in [6, 6.07) is 18.5. The van der Waals surface area contributed by atoms with Gasteiger partial charge in [-0.05, 0) is 24.3 Å². The maximum Gasteiger partial charge on any atom is 0.245 e. The Morgan fingerprint density at radius 2 is 1.67 bits per heavy atom. The van der Waals surface area contributed by atoms with Crippen LogP contribution in [0.15, 0.2) is 65.7 Å². The molecule has 1 aliphatic heterocycles. The fourth-order valence-corrected chi connectivity index (χ4v) is 5.02. The molecule has 7 heteroatoms. The van der Waals surface area contributed by atoms with E-state index in [1.165, 1.54) is 4.31 Å². The second kappa shape index (κ2) is 6.99. The summed E-state index contributed by atoms with van der Waals surface area (Å²) in [5, 5.41) is 10.1. The molecule has 1 aliphatic rings. The van der Waals surface area contributed by atoms with Crippen molar-refractivity contribution < 1.29 is 8.42 Å². The van der Waals surface area contributed by atoms with Crippen LogP contribution >= 0.6 is 0 Å². The molecule has 0 radical (unpaired) electrons. The Hall–Kier alpha value is -2.95. The van der Waals surface area contributed by atoms with Crippen molar-refractivity contribution in [3.8, 4) is 6.07 Å². The third-order valence-corrected chi connectivity index (χ3v) is 6.75. The van der Waals surface area contributed by atoms with E-state index in [1.54, 1.807) is 30.5 Å². The second-order valence-corrected chi connectivity index (χ2v) is 8.26. The van der Waals surface area contributed by atoms with Gasteiger partial charge in [-0.1, -0.05) is 30.3 Å². The highest BCUT2D eigenvalue weighted by Crippen LogP contribution is 2.26. The Kier molecular flexibility index (Phi) is 4.52. The summed E-state index contributed by atoms with van der Waals surface area (Å²) in [5.41, 5.74) is 1.95. The molecule has 1 fully saturated rings. The van der Waals surface area contributed by atoms with E-state index in [1.807, 2.05) is 30.3 Å². The molecule has 0 aliphatic carbocycles. The van der Waals surface area contributed by atoms with Gasteiger partial charge in [-0.25, -0.2) is 8.42 Å². The number of hydrogen-bond donors (Lipinski definition) is 0. The molecule has 2 heterocycles. The molecule has 0 saturated carbocycles. The van der Waals surface area contributed by atoms with Crippen molar-refractivity contribution in [2.24, 2.45) is 0 Å². The van der Waals surface area contributed by atoms with Crippen LogP contribution in [0.4, 0.5) is 5.69 Å². The summed E-state index contributed by atoms with van der Waals surface area (Å²) in [6.07, 6.45) is 1.61. The zero-order valence-corrected chi connectivity index (χ0v) is 15.4. The smallest absolute Gasteiger partial charge is 0.245 e. The van der Waals surface area contributed by atoms with Crippen LogP contribution in [-0.4, -0.2) is 43.9 Å². The molecule has 4 rings (SSSR count). The topological polar surface area (TPSA) is 77.3 Å². The van der Waals surface area contributed by atoms with Gasteiger partial charge in [0.05, 0.1) is 16.8 Å². The summed E-state index contributed by atoms with van der Waals surface area (Å²) < 4.78 is 27.9. The van der Waals surface area contributed by atoms with Crippen LogP contribution in [0, 0.1) is 11.3 Å². The van der Waals surface area contributed by atoms with Crippen molar-refractivity contribution in [3.05, 3.63) is 66.4 Å². The summed E-state index contributed by atoms with van der Waals surface area (Å²) in [6.45, 7) is 1.81. The minimum Gasteiger partial charge on any atom is -0.368 e. The van der Waals surface area contributed by atoms with Gasteiger partial charge in [-0.3, -0.25) is 4.98 Å². The summed E-state index contributed by atoms with van der Waals surface area (Å²) in [7, 11) is -3.63. The number of pyridine rings is 1. The van der Waals surface area contributed by atoms with Gasteiger partial charge >= 0.3 is 0 Å². The molecule has 1 saturated heterocycles. The molecular formula is C20H18N4O2S. The van der Waals surface area contributed by atoms with E-state index < -0.39 is 10.0 Å². The highest BCUT2D eigenvalue weighted by molar-refractivity contribution is 7.89. The molecule has 136 valence electrons. The minimum atomic E-state index is -3.63. The van der Waals surface area contributed by atoms with Gasteiger partial charge in [-0.2, -0.15) is 9.57 Å². The first-order valence-corrected chi connectivity index (χ1v) is 10.1. The molecule has 0 bridgehead atoms. The van der Waals surface area contributed by atoms with Crippen molar-refractivity contribution in [1.29, 1.82) is 5.26 Å². The predicted octanol–water partition coefficient (Wildman–Crippen LogP) is 2.62. The predicted molar refractivity (Wildman–Crippen MR) is 104 cm³/mol. The zero-order valence-electron chi connectivity index (χ0n) is 14.6. The summed E-state index contributed by atoms with van der Waals surface area (Å²) in [5.74, 6) is 0. The molecule has 6 nitrogen and oxygen atoms in total. The lowest BCUT2D eigenvalue weighted by molar-refractivity contribution is 0.385. The van der Waals surface area contributed by atoms with Gasteiger partial charge in [0.1, 0.15) is 11.0 Å². The normalized spacial score (nSPS) is 15.6. The first kappa shape index (κ1) is 17.5. The Labute approximate surface area is 158 Å². The van der Waals surface area contributed by atoms with Crippen LogP contribution in [0.3, 0.4) is 0 Å². The second-order valence-electron chi connectivity index (χ2n) is 6.35. The molecule has 0 unspecified atom stereocenters. The van der Waals surface area contributed by atoms with Crippen LogP contribution in [0.25, 0.3) is 10.9 Å². The Bertz CT molecular complexity index is 1120. The third kappa shape index (κ3) is 3.14. The number of benzene rings is 2. The highest BCUT2D eigenvalue weighted by Gasteiger charge is 2.30. The third-order valence-electron chi connectivity index (χ3n) is 4.82. The molecule has 0 amide bonds. The van der Waals surface area contributed by atoms with Crippen LogP contribution in [0.2, 0.25) is 0 Å². The monoisotopic (exact) mass is 378 g/mol. The molecular weight excluding hydrogens is 360 g/mol. The number of nitriles is 1. The van der Waals surface area contributed by atoms with E-state index in [4.69, 9.17) is 0 Å². The number of sulfonamides is 1. The number of fused-ring (bicyclic) bond motifs is 1. The van der Waals surface area contributed by atoms with Gasteiger partial charge in [0, 0.05) is 37.8 Å². The lowest BCUT2D eigenvalue weighted by atomic mass is 10.1. The number of aromatic nitrogens is 1. The van der Waals surface area contributed by atoms with E-state index in [9.17, 15) is 13.7 Å². The van der Waals surface area contributed by atoms with Gasteiger partial charge in [0.15, 0.2) is 0 Å². The average Bonchev–Trinajstić information content (AvgIpc) is 2.73. The fraction of sp³-hybridized carbons (Fsp3) is 0.200. The van der Waals surface area contributed by atoms with E-state index >= 15 is 0 Å². The molecule has 3 aromatic rings. The van der Waals surface area contributed by atoms with E-state index in [2.05, 4.69) is 16.0 Å². The lowest BCUT2D eigenvalue weighted by Gasteiger charge is -2.35. The van der Waals surface area contributed by atoms with Crippen molar-refractivity contribution in [1.82, 2.24) is 9.29 Å². The Morgan fingerprint density at radius 3 is 2.44 bits per heavy atom. The minimum absolute atomic E-state index is 0.242. The first-order valence-electron chi connectivity index (χ1n) is 8.69. The SMILES string of the molecule is N#Cc1ccccc1N1CCN(S(=O)(=O)c2cccc3cccnc23)CC1. The van der Waals surface area contributed by atoms with Gasteiger partial charge in [0.2, 0.25) is 10.0 Å². The Morgan fingerprint density at radius 1 is 0.926 bits per heavy atom. The number of hydrogen-bond acceptors (Lipinski definition) is 5. The first-order chi connectivity index (χ1) is 13.1. The van der Waals surface area contributed by atoms with Crippen LogP contribution in [-0.2, 0) is 10.0 Å². The standard InChI is InChI=1S/C20H18N4O2S/c21-15-17-5-1-2-8-18(17)23-11-13-24(14-12-23)27(25,26)19-9-3-6-16-7-4-10-22-20(16)19/h1-10H,11-14H2.